The lowest BCUT2D eigenvalue weighted by Gasteiger charge is -2.23. The summed E-state index contributed by atoms with van der Waals surface area (Å²) >= 11 is 1.17. The molecular weight excluding hydrogens is 336 g/mol. The molecule has 0 saturated heterocycles. The zero-order chi connectivity index (χ0) is 19.2. The molecule has 0 aliphatic heterocycles. The van der Waals surface area contributed by atoms with Crippen molar-refractivity contribution in [2.45, 2.75) is 33.1 Å². The third-order valence-corrected chi connectivity index (χ3v) is 5.59. The normalized spacial score (nSPS) is 16.6. The minimum absolute atomic E-state index is 0.126. The van der Waals surface area contributed by atoms with Gasteiger partial charge in [-0.05, 0) is 47.3 Å². The molecule has 0 fully saturated rings. The van der Waals surface area contributed by atoms with Crippen molar-refractivity contribution in [3.8, 4) is 0 Å². The Hall–Kier alpha value is -2.52. The Balaban J connectivity index is 2.01. The van der Waals surface area contributed by atoms with E-state index >= 15 is 0 Å². The molecule has 0 saturated carbocycles. The summed E-state index contributed by atoms with van der Waals surface area (Å²) in [5.41, 5.74) is 9.92. The fraction of sp³-hybridized carbons (Fsp3) is 0.217. The lowest BCUT2D eigenvalue weighted by molar-refractivity contribution is 0.660. The van der Waals surface area contributed by atoms with E-state index in [0.29, 0.717) is 0 Å². The molecule has 0 spiro atoms. The monoisotopic (exact) mass is 360 g/mol. The van der Waals surface area contributed by atoms with E-state index in [4.69, 9.17) is 0 Å². The van der Waals surface area contributed by atoms with Crippen molar-refractivity contribution in [2.75, 3.05) is 0 Å². The van der Waals surface area contributed by atoms with Crippen LogP contribution in [0.2, 0.25) is 0 Å². The highest BCUT2D eigenvalue weighted by molar-refractivity contribution is 6.99. The van der Waals surface area contributed by atoms with E-state index < -0.39 is 0 Å². The highest BCUT2D eigenvalue weighted by Crippen LogP contribution is 2.49. The average Bonchev–Trinajstić information content (AvgIpc) is 3.13. The Bertz CT molecular complexity index is 999. The van der Waals surface area contributed by atoms with Crippen molar-refractivity contribution in [3.05, 3.63) is 89.8 Å². The van der Waals surface area contributed by atoms with Gasteiger partial charge in [-0.2, -0.15) is 8.75 Å². The topological polar surface area (TPSA) is 25.8 Å². The molecule has 0 unspecified atom stereocenters. The molecule has 2 nitrogen and oxygen atoms in total. The summed E-state index contributed by atoms with van der Waals surface area (Å²) in [7, 11) is 0. The van der Waals surface area contributed by atoms with Gasteiger partial charge in [-0.1, -0.05) is 70.0 Å². The number of nitrogens with zero attached hydrogens (tertiary/aromatic N) is 2. The van der Waals surface area contributed by atoms with Gasteiger partial charge in [0.2, 0.25) is 0 Å². The van der Waals surface area contributed by atoms with Crippen LogP contribution in [0.5, 0.6) is 0 Å². The molecule has 1 aliphatic rings. The van der Waals surface area contributed by atoms with Gasteiger partial charge in [0.1, 0.15) is 11.4 Å². The lowest BCUT2D eigenvalue weighted by atomic mass is 9.80. The SMILES string of the molecule is C=C(/C=C1\C(=C)c2ccc(C)cc2C1(C)C)C(=C)c1nsnc1C(=C)C. The number of fused-ring (bicyclic) bond motifs is 1. The van der Waals surface area contributed by atoms with Gasteiger partial charge < -0.3 is 0 Å². The maximum atomic E-state index is 4.40. The molecule has 132 valence electrons. The third-order valence-electron chi connectivity index (χ3n) is 5.06. The summed E-state index contributed by atoms with van der Waals surface area (Å²) in [4.78, 5) is 0. The fourth-order valence-corrected chi connectivity index (χ4v) is 4.10. The molecule has 1 aromatic heterocycles. The molecule has 1 aromatic carbocycles. The van der Waals surface area contributed by atoms with Crippen LogP contribution in [0.15, 0.2) is 61.7 Å². The van der Waals surface area contributed by atoms with E-state index in [2.05, 4.69) is 80.1 Å². The van der Waals surface area contributed by atoms with Crippen LogP contribution in [0.25, 0.3) is 16.7 Å². The highest BCUT2D eigenvalue weighted by atomic mass is 32.1. The number of rotatable bonds is 4. The van der Waals surface area contributed by atoms with Crippen molar-refractivity contribution in [3.63, 3.8) is 0 Å². The predicted molar refractivity (Wildman–Crippen MR) is 114 cm³/mol. The minimum atomic E-state index is -0.126. The van der Waals surface area contributed by atoms with E-state index in [9.17, 15) is 0 Å². The molecule has 1 aliphatic carbocycles. The van der Waals surface area contributed by atoms with Crippen molar-refractivity contribution in [1.29, 1.82) is 0 Å². The first-order chi connectivity index (χ1) is 12.1. The smallest absolute Gasteiger partial charge is 0.112 e. The van der Waals surface area contributed by atoms with Crippen molar-refractivity contribution in [1.82, 2.24) is 8.75 Å². The van der Waals surface area contributed by atoms with Crippen LogP contribution in [-0.4, -0.2) is 8.75 Å². The Morgan fingerprint density at radius 2 is 1.77 bits per heavy atom. The largest absolute Gasteiger partial charge is 0.173 e. The Kier molecular flexibility index (Phi) is 4.45. The molecule has 3 rings (SSSR count). The first-order valence-corrected chi connectivity index (χ1v) is 9.27. The molecule has 0 N–H and O–H groups in total. The zero-order valence-electron chi connectivity index (χ0n) is 15.9. The molecule has 26 heavy (non-hydrogen) atoms. The van der Waals surface area contributed by atoms with Crippen LogP contribution in [0, 0.1) is 6.92 Å². The predicted octanol–water partition coefficient (Wildman–Crippen LogP) is 6.38. The summed E-state index contributed by atoms with van der Waals surface area (Å²) in [6.07, 6.45) is 2.10. The Morgan fingerprint density at radius 1 is 1.12 bits per heavy atom. The summed E-state index contributed by atoms with van der Waals surface area (Å²) in [6, 6.07) is 6.55. The second-order valence-electron chi connectivity index (χ2n) is 7.46. The molecule has 0 radical (unpaired) electrons. The second kappa shape index (κ2) is 6.33. The highest BCUT2D eigenvalue weighted by Gasteiger charge is 2.37. The van der Waals surface area contributed by atoms with E-state index in [0.717, 1.165) is 33.7 Å². The number of benzene rings is 1. The molecule has 2 aromatic rings. The number of aromatic nitrogens is 2. The van der Waals surface area contributed by atoms with Gasteiger partial charge in [0.25, 0.3) is 0 Å². The number of aryl methyl sites for hydroxylation is 1. The fourth-order valence-electron chi connectivity index (χ4n) is 3.45. The second-order valence-corrected chi connectivity index (χ2v) is 7.98. The van der Waals surface area contributed by atoms with Gasteiger partial charge >= 0.3 is 0 Å². The number of hydrogen-bond donors (Lipinski definition) is 0. The van der Waals surface area contributed by atoms with Gasteiger partial charge in [-0.3, -0.25) is 0 Å². The van der Waals surface area contributed by atoms with Gasteiger partial charge in [0, 0.05) is 11.0 Å². The molecule has 0 atom stereocenters. The molecule has 0 amide bonds. The molecule has 3 heteroatoms. The quantitative estimate of drug-likeness (QED) is 0.591. The number of allylic oxidation sites excluding steroid dienone is 6. The molecular formula is C23H24N2S. The first kappa shape index (κ1) is 18.3. The van der Waals surface area contributed by atoms with E-state index in [-0.39, 0.29) is 5.41 Å². The summed E-state index contributed by atoms with van der Waals surface area (Å²) in [6.45, 7) is 25.3. The summed E-state index contributed by atoms with van der Waals surface area (Å²) in [5.74, 6) is 0. The van der Waals surface area contributed by atoms with Crippen LogP contribution in [-0.2, 0) is 5.41 Å². The average molecular weight is 361 g/mol. The lowest BCUT2D eigenvalue weighted by Crippen LogP contribution is -2.15. The first-order valence-electron chi connectivity index (χ1n) is 8.54. The molecule has 0 bridgehead atoms. The maximum absolute atomic E-state index is 4.40. The Labute approximate surface area is 160 Å². The van der Waals surface area contributed by atoms with Crippen molar-refractivity contribution in [2.24, 2.45) is 0 Å². The van der Waals surface area contributed by atoms with Crippen LogP contribution in [0.3, 0.4) is 0 Å². The van der Waals surface area contributed by atoms with Crippen LogP contribution < -0.4 is 0 Å². The standard InChI is InChI=1S/C23H24N2S/c1-13(2)21-22(25-26-24-21)16(5)15(4)12-19-17(6)18-10-9-14(3)11-20(18)23(19,7)8/h9-12H,1,4-6H2,2-3,7-8H3/b19-12+. The van der Waals surface area contributed by atoms with E-state index in [1.165, 1.54) is 34.0 Å². The summed E-state index contributed by atoms with van der Waals surface area (Å²) < 4.78 is 8.72. The van der Waals surface area contributed by atoms with Gasteiger partial charge in [0.15, 0.2) is 0 Å². The summed E-state index contributed by atoms with van der Waals surface area (Å²) in [5, 5.41) is 0. The molecule has 1 heterocycles. The van der Waals surface area contributed by atoms with E-state index in [1.807, 2.05) is 6.92 Å². The third kappa shape index (κ3) is 2.82. The zero-order valence-corrected chi connectivity index (χ0v) is 16.8. The van der Waals surface area contributed by atoms with Crippen LogP contribution in [0.4, 0.5) is 0 Å². The number of hydrogen-bond acceptors (Lipinski definition) is 3. The van der Waals surface area contributed by atoms with Gasteiger partial charge in [-0.25, -0.2) is 0 Å². The van der Waals surface area contributed by atoms with E-state index in [1.54, 1.807) is 0 Å². The minimum Gasteiger partial charge on any atom is -0.173 e. The maximum Gasteiger partial charge on any atom is 0.112 e. The Morgan fingerprint density at radius 3 is 2.42 bits per heavy atom. The van der Waals surface area contributed by atoms with Crippen LogP contribution in [0.1, 0.15) is 48.8 Å². The van der Waals surface area contributed by atoms with Gasteiger partial charge in [0.05, 0.1) is 11.7 Å². The van der Waals surface area contributed by atoms with Crippen molar-refractivity contribution < 1.29 is 0 Å². The van der Waals surface area contributed by atoms with Crippen molar-refractivity contribution >= 4 is 28.4 Å². The van der Waals surface area contributed by atoms with Crippen LogP contribution >= 0.6 is 11.7 Å². The van der Waals surface area contributed by atoms with Gasteiger partial charge in [-0.15, -0.1) is 0 Å².